The molecule has 1 unspecified atom stereocenters. The van der Waals surface area contributed by atoms with Crippen molar-refractivity contribution in [3.8, 4) is 11.5 Å². The first-order chi connectivity index (χ1) is 16.9. The summed E-state index contributed by atoms with van der Waals surface area (Å²) < 4.78 is 25.7. The molecule has 0 N–H and O–H groups in total. The molecule has 0 spiro atoms. The van der Waals surface area contributed by atoms with E-state index < -0.39 is 10.7 Å². The number of amides is 1. The van der Waals surface area contributed by atoms with Gasteiger partial charge in [-0.2, -0.15) is 0 Å². The minimum Gasteiger partial charge on any atom is -0.454 e. The third-order valence-corrected chi connectivity index (χ3v) is 5.80. The number of anilines is 2. The molecule has 0 bridgehead atoms. The second-order valence-corrected chi connectivity index (χ2v) is 7.96. The van der Waals surface area contributed by atoms with Crippen molar-refractivity contribution in [1.29, 1.82) is 0 Å². The zero-order valence-corrected chi connectivity index (χ0v) is 19.4. The van der Waals surface area contributed by atoms with Gasteiger partial charge in [-0.1, -0.05) is 12.1 Å². The first-order valence-electron chi connectivity index (χ1n) is 11.3. The van der Waals surface area contributed by atoms with Crippen LogP contribution in [0.4, 0.5) is 26.4 Å². The SMILES string of the molecule is CCN(c1ccc(Oc2ccc(CC3COC(=O)N3CC)cc2)c(F)c1)c1ccc([N+](=O)[O-])cn1. The number of rotatable bonds is 9. The topological polar surface area (TPSA) is 98.0 Å². The average molecular weight is 480 g/mol. The minimum absolute atomic E-state index is 0.00369. The molecule has 1 atom stereocenters. The lowest BCUT2D eigenvalue weighted by Crippen LogP contribution is -2.34. The summed E-state index contributed by atoms with van der Waals surface area (Å²) in [6.07, 6.45) is 1.54. The van der Waals surface area contributed by atoms with Crippen LogP contribution in [0, 0.1) is 15.9 Å². The fourth-order valence-corrected chi connectivity index (χ4v) is 4.00. The van der Waals surface area contributed by atoms with Crippen molar-refractivity contribution in [2.75, 3.05) is 24.6 Å². The Labute approximate surface area is 201 Å². The van der Waals surface area contributed by atoms with Crippen molar-refractivity contribution in [2.24, 2.45) is 0 Å². The maximum Gasteiger partial charge on any atom is 0.410 e. The Morgan fingerprint density at radius 2 is 1.97 bits per heavy atom. The van der Waals surface area contributed by atoms with Gasteiger partial charge in [-0.3, -0.25) is 10.1 Å². The fraction of sp³-hybridized carbons (Fsp3) is 0.280. The van der Waals surface area contributed by atoms with Crippen LogP contribution in [0.2, 0.25) is 0 Å². The Kier molecular flexibility index (Phi) is 7.09. The molecule has 3 aromatic rings. The van der Waals surface area contributed by atoms with Crippen LogP contribution in [0.5, 0.6) is 11.5 Å². The molecule has 1 aromatic heterocycles. The fourth-order valence-electron chi connectivity index (χ4n) is 4.00. The smallest absolute Gasteiger partial charge is 0.410 e. The van der Waals surface area contributed by atoms with Crippen LogP contribution < -0.4 is 9.64 Å². The standard InChI is InChI=1S/C25H25FN4O5/c1-3-28(24-12-8-19(15-27-24)30(32)33)18-7-11-23(22(26)14-18)35-21-9-5-17(6-10-21)13-20-16-34-25(31)29(20)4-2/h5-12,14-15,20H,3-4,13,16H2,1-2H3. The van der Waals surface area contributed by atoms with E-state index in [0.29, 0.717) is 43.4 Å². The molecule has 4 rings (SSSR count). The highest BCUT2D eigenvalue weighted by molar-refractivity contribution is 5.70. The number of pyridine rings is 1. The van der Waals surface area contributed by atoms with Gasteiger partial charge < -0.3 is 19.3 Å². The average Bonchev–Trinajstić information content (AvgIpc) is 3.21. The number of aromatic nitrogens is 1. The zero-order chi connectivity index (χ0) is 24.9. The summed E-state index contributed by atoms with van der Waals surface area (Å²) in [4.78, 5) is 29.6. The number of nitro groups is 1. The number of carbonyl (C=O) groups is 1. The van der Waals surface area contributed by atoms with Crippen LogP contribution in [0.1, 0.15) is 19.4 Å². The first kappa shape index (κ1) is 23.9. The minimum atomic E-state index is -0.549. The van der Waals surface area contributed by atoms with E-state index in [9.17, 15) is 19.3 Å². The molecule has 1 saturated heterocycles. The van der Waals surface area contributed by atoms with Crippen molar-refractivity contribution < 1.29 is 23.6 Å². The van der Waals surface area contributed by atoms with Gasteiger partial charge in [-0.15, -0.1) is 0 Å². The van der Waals surface area contributed by atoms with Crippen molar-refractivity contribution in [1.82, 2.24) is 9.88 Å². The molecule has 0 radical (unpaired) electrons. The summed E-state index contributed by atoms with van der Waals surface area (Å²) in [5, 5.41) is 10.9. The predicted octanol–water partition coefficient (Wildman–Crippen LogP) is 5.46. The Morgan fingerprint density at radius 1 is 1.20 bits per heavy atom. The van der Waals surface area contributed by atoms with Crippen molar-refractivity contribution in [3.05, 3.63) is 82.3 Å². The molecular weight excluding hydrogens is 455 g/mol. The Bertz CT molecular complexity index is 1200. The van der Waals surface area contributed by atoms with Gasteiger partial charge in [0.2, 0.25) is 0 Å². The number of halogens is 1. The van der Waals surface area contributed by atoms with Crippen molar-refractivity contribution >= 4 is 23.3 Å². The third kappa shape index (κ3) is 5.32. The molecule has 1 aliphatic heterocycles. The van der Waals surface area contributed by atoms with Gasteiger partial charge in [0.1, 0.15) is 24.4 Å². The Morgan fingerprint density at radius 3 is 2.57 bits per heavy atom. The molecule has 0 aliphatic carbocycles. The van der Waals surface area contributed by atoms with Gasteiger partial charge in [0, 0.05) is 30.9 Å². The molecule has 1 amide bonds. The van der Waals surface area contributed by atoms with E-state index in [4.69, 9.17) is 9.47 Å². The van der Waals surface area contributed by atoms with E-state index >= 15 is 0 Å². The number of nitrogens with zero attached hydrogens (tertiary/aromatic N) is 4. The molecule has 9 nitrogen and oxygen atoms in total. The van der Waals surface area contributed by atoms with Crippen molar-refractivity contribution in [2.45, 2.75) is 26.3 Å². The largest absolute Gasteiger partial charge is 0.454 e. The summed E-state index contributed by atoms with van der Waals surface area (Å²) >= 11 is 0. The van der Waals surface area contributed by atoms with E-state index in [2.05, 4.69) is 4.98 Å². The lowest BCUT2D eigenvalue weighted by atomic mass is 10.1. The van der Waals surface area contributed by atoms with Gasteiger partial charge in [-0.25, -0.2) is 14.2 Å². The number of ether oxygens (including phenoxy) is 2. The summed E-state index contributed by atoms with van der Waals surface area (Å²) in [6, 6.07) is 14.8. The number of likely N-dealkylation sites (N-methyl/N-ethyl adjacent to an activating group) is 1. The van der Waals surface area contributed by atoms with Crippen LogP contribution in [-0.4, -0.2) is 46.6 Å². The Balaban J connectivity index is 1.44. The van der Waals surface area contributed by atoms with Crippen LogP contribution in [0.25, 0.3) is 0 Å². The van der Waals surface area contributed by atoms with E-state index in [-0.39, 0.29) is 23.6 Å². The van der Waals surface area contributed by atoms with Gasteiger partial charge in [0.25, 0.3) is 5.69 Å². The molecule has 1 fully saturated rings. The maximum atomic E-state index is 14.9. The molecule has 2 aromatic carbocycles. The second-order valence-electron chi connectivity index (χ2n) is 7.96. The van der Waals surface area contributed by atoms with Crippen molar-refractivity contribution in [3.63, 3.8) is 0 Å². The van der Waals surface area contributed by atoms with E-state index in [1.54, 1.807) is 28.0 Å². The van der Waals surface area contributed by atoms with Crippen LogP contribution in [-0.2, 0) is 11.2 Å². The lowest BCUT2D eigenvalue weighted by Gasteiger charge is -2.22. The molecule has 0 saturated carbocycles. The second kappa shape index (κ2) is 10.4. The highest BCUT2D eigenvalue weighted by Crippen LogP contribution is 2.31. The quantitative estimate of drug-likeness (QED) is 0.296. The van der Waals surface area contributed by atoms with E-state index in [1.165, 1.54) is 30.5 Å². The maximum absolute atomic E-state index is 14.9. The van der Waals surface area contributed by atoms with Gasteiger partial charge in [0.15, 0.2) is 11.6 Å². The third-order valence-electron chi connectivity index (χ3n) is 5.80. The number of hydrogen-bond donors (Lipinski definition) is 0. The van der Waals surface area contributed by atoms with Crippen LogP contribution in [0.3, 0.4) is 0 Å². The van der Waals surface area contributed by atoms with Crippen LogP contribution >= 0.6 is 0 Å². The first-order valence-corrected chi connectivity index (χ1v) is 11.3. The molecule has 1 aliphatic rings. The molecule has 35 heavy (non-hydrogen) atoms. The highest BCUT2D eigenvalue weighted by Gasteiger charge is 2.31. The number of carbonyl (C=O) groups excluding carboxylic acids is 1. The van der Waals surface area contributed by atoms with E-state index in [1.807, 2.05) is 26.0 Å². The lowest BCUT2D eigenvalue weighted by molar-refractivity contribution is -0.385. The van der Waals surface area contributed by atoms with Crippen LogP contribution in [0.15, 0.2) is 60.8 Å². The molecular formula is C25H25FN4O5. The molecule has 182 valence electrons. The van der Waals surface area contributed by atoms with Gasteiger partial charge in [0.05, 0.1) is 11.0 Å². The summed E-state index contributed by atoms with van der Waals surface area (Å²) in [6.45, 7) is 5.24. The number of hydrogen-bond acceptors (Lipinski definition) is 7. The number of cyclic esters (lactones) is 1. The molecule has 2 heterocycles. The predicted molar refractivity (Wildman–Crippen MR) is 128 cm³/mol. The highest BCUT2D eigenvalue weighted by atomic mass is 19.1. The molecule has 10 heteroatoms. The van der Waals surface area contributed by atoms with Gasteiger partial charge in [-0.05, 0) is 56.2 Å². The summed E-state index contributed by atoms with van der Waals surface area (Å²) in [7, 11) is 0. The normalized spacial score (nSPS) is 15.1. The summed E-state index contributed by atoms with van der Waals surface area (Å²) in [5.41, 5.74) is 1.45. The summed E-state index contributed by atoms with van der Waals surface area (Å²) in [5.74, 6) is 0.474. The monoisotopic (exact) mass is 480 g/mol. The number of benzene rings is 2. The van der Waals surface area contributed by atoms with E-state index in [0.717, 1.165) is 5.56 Å². The Hall–Kier alpha value is -4.21. The zero-order valence-electron chi connectivity index (χ0n) is 19.4. The van der Waals surface area contributed by atoms with Gasteiger partial charge >= 0.3 is 6.09 Å².